The van der Waals surface area contributed by atoms with Crippen LogP contribution >= 0.6 is 11.6 Å². The third-order valence-corrected chi connectivity index (χ3v) is 9.15. The Hall–Kier alpha value is -2.83. The quantitative estimate of drug-likeness (QED) is 0.475. The van der Waals surface area contributed by atoms with Crippen molar-refractivity contribution in [3.05, 3.63) is 58.1 Å². The van der Waals surface area contributed by atoms with Gasteiger partial charge in [0.15, 0.2) is 17.2 Å². The molecule has 0 radical (unpaired) electrons. The van der Waals surface area contributed by atoms with Crippen molar-refractivity contribution in [2.24, 2.45) is 5.41 Å². The number of nitrogens with zero attached hydrogens (tertiary/aromatic N) is 7. The van der Waals surface area contributed by atoms with Crippen LogP contribution < -0.4 is 4.90 Å². The molecule has 1 N–H and O–H groups in total. The maximum atomic E-state index is 13.6. The van der Waals surface area contributed by atoms with Crippen molar-refractivity contribution in [1.82, 2.24) is 29.6 Å². The van der Waals surface area contributed by atoms with Crippen molar-refractivity contribution in [3.63, 3.8) is 0 Å². The molecule has 13 heteroatoms. The van der Waals surface area contributed by atoms with Crippen LogP contribution in [-0.4, -0.2) is 65.6 Å². The van der Waals surface area contributed by atoms with Gasteiger partial charge in [0.05, 0.1) is 24.1 Å². The Morgan fingerprint density at radius 1 is 1.08 bits per heavy atom. The van der Waals surface area contributed by atoms with Crippen LogP contribution in [0.15, 0.2) is 24.4 Å². The Morgan fingerprint density at radius 2 is 1.82 bits per heavy atom. The number of hydrogen-bond donors (Lipinski definition) is 1. The molecule has 206 valence electrons. The van der Waals surface area contributed by atoms with Crippen LogP contribution in [0, 0.1) is 18.2 Å². The number of aryl methyl sites for hydroxylation is 1. The number of aromatic nitrogens is 5. The van der Waals surface area contributed by atoms with Gasteiger partial charge in [0.2, 0.25) is 5.95 Å². The lowest BCUT2D eigenvalue weighted by Gasteiger charge is -2.58. The van der Waals surface area contributed by atoms with E-state index < -0.39 is 23.6 Å². The number of anilines is 1. The molecule has 2 aliphatic heterocycles. The lowest BCUT2D eigenvalue weighted by atomic mass is 9.57. The highest BCUT2D eigenvalue weighted by atomic mass is 35.5. The SMILES string of the molecule is Cc1nc(N2CC3(CC(c4nnc5n4-c4ccc(Cl)cc4CN(C4CC(O)(C(F)(F)F)C4)C5)C3)C2)ncc1F. The van der Waals surface area contributed by atoms with Crippen LogP contribution in [0.2, 0.25) is 5.02 Å². The van der Waals surface area contributed by atoms with Gasteiger partial charge in [0, 0.05) is 54.9 Å². The molecule has 1 saturated heterocycles. The summed E-state index contributed by atoms with van der Waals surface area (Å²) in [5.41, 5.74) is -0.423. The number of hydrogen-bond acceptors (Lipinski definition) is 7. The number of alkyl halides is 3. The maximum Gasteiger partial charge on any atom is 0.417 e. The van der Waals surface area contributed by atoms with E-state index in [4.69, 9.17) is 11.6 Å². The molecule has 0 unspecified atom stereocenters. The highest BCUT2D eigenvalue weighted by molar-refractivity contribution is 6.30. The molecule has 4 heterocycles. The third kappa shape index (κ3) is 3.93. The average molecular weight is 564 g/mol. The summed E-state index contributed by atoms with van der Waals surface area (Å²) >= 11 is 6.31. The molecule has 3 fully saturated rings. The number of fused-ring (bicyclic) bond motifs is 3. The Balaban J connectivity index is 1.11. The topological polar surface area (TPSA) is 83.2 Å². The maximum absolute atomic E-state index is 13.6. The summed E-state index contributed by atoms with van der Waals surface area (Å²) in [6, 6.07) is 5.12. The van der Waals surface area contributed by atoms with Crippen LogP contribution in [0.3, 0.4) is 0 Å². The molecule has 0 amide bonds. The van der Waals surface area contributed by atoms with Gasteiger partial charge in [-0.25, -0.2) is 14.4 Å². The fourth-order valence-electron chi connectivity index (χ4n) is 6.71. The van der Waals surface area contributed by atoms with E-state index in [9.17, 15) is 22.7 Å². The van der Waals surface area contributed by atoms with Crippen LogP contribution in [0.25, 0.3) is 5.69 Å². The lowest BCUT2D eigenvalue weighted by Crippen LogP contribution is -2.62. The number of halogens is 5. The van der Waals surface area contributed by atoms with E-state index in [1.807, 2.05) is 21.6 Å². The van der Waals surface area contributed by atoms with Crippen molar-refractivity contribution in [3.8, 4) is 5.69 Å². The molecule has 1 aromatic carbocycles. The molecule has 39 heavy (non-hydrogen) atoms. The van der Waals surface area contributed by atoms with Gasteiger partial charge in [-0.1, -0.05) is 11.6 Å². The minimum Gasteiger partial charge on any atom is -0.380 e. The van der Waals surface area contributed by atoms with E-state index in [0.717, 1.165) is 43.0 Å². The van der Waals surface area contributed by atoms with E-state index in [-0.39, 0.29) is 24.2 Å². The summed E-state index contributed by atoms with van der Waals surface area (Å²) in [6.45, 7) is 3.93. The second-order valence-corrected chi connectivity index (χ2v) is 12.1. The Bertz CT molecular complexity index is 1460. The zero-order valence-electron chi connectivity index (χ0n) is 21.1. The molecule has 4 aliphatic rings. The largest absolute Gasteiger partial charge is 0.417 e. The zero-order chi connectivity index (χ0) is 27.3. The Morgan fingerprint density at radius 3 is 2.51 bits per heavy atom. The lowest BCUT2D eigenvalue weighted by molar-refractivity contribution is -0.300. The second-order valence-electron chi connectivity index (χ2n) is 11.6. The summed E-state index contributed by atoms with van der Waals surface area (Å²) in [5, 5.41) is 19.6. The van der Waals surface area contributed by atoms with E-state index in [2.05, 4.69) is 25.1 Å². The van der Waals surface area contributed by atoms with Crippen molar-refractivity contribution in [1.29, 1.82) is 0 Å². The predicted octanol–water partition coefficient (Wildman–Crippen LogP) is 4.31. The molecule has 0 bridgehead atoms. The van der Waals surface area contributed by atoms with Crippen molar-refractivity contribution < 1.29 is 22.7 Å². The standard InChI is InChI=1S/C26H26ClF4N7O/c1-14-19(28)9-32-23(33-14)37-12-24(13-37)5-16(6-24)22-35-34-21-11-36(18-7-25(39,8-18)26(29,30)31)10-15-4-17(27)2-3-20(15)38(21)22/h2-4,9,16,18,39H,5-8,10-13H2,1H3. The fraction of sp³-hybridized carbons (Fsp3) is 0.538. The summed E-state index contributed by atoms with van der Waals surface area (Å²) in [5.74, 6) is 1.81. The average Bonchev–Trinajstić information content (AvgIpc) is 3.11. The molecule has 1 spiro atoms. The monoisotopic (exact) mass is 563 g/mol. The number of benzene rings is 1. The predicted molar refractivity (Wildman–Crippen MR) is 133 cm³/mol. The molecule has 8 nitrogen and oxygen atoms in total. The summed E-state index contributed by atoms with van der Waals surface area (Å²) < 4.78 is 55.5. The molecule has 0 atom stereocenters. The Labute approximate surface area is 226 Å². The van der Waals surface area contributed by atoms with Gasteiger partial charge in [-0.15, -0.1) is 10.2 Å². The molecule has 3 aromatic rings. The van der Waals surface area contributed by atoms with Gasteiger partial charge in [-0.2, -0.15) is 13.2 Å². The summed E-state index contributed by atoms with van der Waals surface area (Å²) in [6.07, 6.45) is -2.36. The first-order chi connectivity index (χ1) is 18.4. The van der Waals surface area contributed by atoms with Crippen LogP contribution in [-0.2, 0) is 13.1 Å². The first-order valence-electron chi connectivity index (χ1n) is 12.9. The molecule has 7 rings (SSSR count). The van der Waals surface area contributed by atoms with Crippen LogP contribution in [0.1, 0.15) is 54.5 Å². The summed E-state index contributed by atoms with van der Waals surface area (Å²) in [4.78, 5) is 12.4. The molecule has 2 saturated carbocycles. The van der Waals surface area contributed by atoms with E-state index in [1.54, 1.807) is 13.0 Å². The molecule has 2 aromatic heterocycles. The van der Waals surface area contributed by atoms with E-state index in [0.29, 0.717) is 35.6 Å². The Kier molecular flexibility index (Phi) is 5.38. The summed E-state index contributed by atoms with van der Waals surface area (Å²) in [7, 11) is 0. The van der Waals surface area contributed by atoms with Crippen molar-refractivity contribution >= 4 is 17.5 Å². The number of aliphatic hydroxyl groups is 1. The van der Waals surface area contributed by atoms with Gasteiger partial charge in [0.1, 0.15) is 5.82 Å². The first-order valence-corrected chi connectivity index (χ1v) is 13.3. The smallest absolute Gasteiger partial charge is 0.380 e. The van der Waals surface area contributed by atoms with Gasteiger partial charge in [0.25, 0.3) is 0 Å². The second kappa shape index (κ2) is 8.34. The molecular weight excluding hydrogens is 538 g/mol. The highest BCUT2D eigenvalue weighted by Gasteiger charge is 2.62. The van der Waals surface area contributed by atoms with Gasteiger partial charge in [-0.05, 0) is 43.5 Å². The molecular formula is C26H26ClF4N7O. The van der Waals surface area contributed by atoms with Crippen molar-refractivity contribution in [2.75, 3.05) is 18.0 Å². The third-order valence-electron chi connectivity index (χ3n) is 8.91. The van der Waals surface area contributed by atoms with E-state index >= 15 is 0 Å². The van der Waals surface area contributed by atoms with E-state index in [1.165, 1.54) is 6.20 Å². The number of rotatable bonds is 3. The van der Waals surface area contributed by atoms with Crippen molar-refractivity contribution in [2.45, 2.75) is 69.4 Å². The van der Waals surface area contributed by atoms with Gasteiger partial charge in [-0.3, -0.25) is 9.47 Å². The highest BCUT2D eigenvalue weighted by Crippen LogP contribution is 2.56. The zero-order valence-corrected chi connectivity index (χ0v) is 21.8. The van der Waals surface area contributed by atoms with Gasteiger partial charge >= 0.3 is 6.18 Å². The van der Waals surface area contributed by atoms with Crippen LogP contribution in [0.5, 0.6) is 0 Å². The fourth-order valence-corrected chi connectivity index (χ4v) is 6.90. The van der Waals surface area contributed by atoms with Gasteiger partial charge < -0.3 is 10.0 Å². The normalized spacial score (nSPS) is 26.3. The minimum absolute atomic E-state index is 0.121. The molecule has 2 aliphatic carbocycles. The minimum atomic E-state index is -4.65. The first kappa shape index (κ1) is 25.2. The van der Waals surface area contributed by atoms with Crippen LogP contribution in [0.4, 0.5) is 23.5 Å².